The highest BCUT2D eigenvalue weighted by Gasteiger charge is 2.22. The number of ether oxygens (including phenoxy) is 2. The van der Waals surface area contributed by atoms with Crippen LogP contribution in [0.25, 0.3) is 27.8 Å². The number of methoxy groups -OCH3 is 2. The molecule has 0 unspecified atom stereocenters. The van der Waals surface area contributed by atoms with E-state index in [2.05, 4.69) is 15.2 Å². The molecule has 2 aromatic rings. The Labute approximate surface area is 147 Å². The molecule has 2 aliphatic rings. The number of nitrogens with one attached hydrogen (secondary N) is 1. The van der Waals surface area contributed by atoms with Gasteiger partial charge in [0.2, 0.25) is 0 Å². The van der Waals surface area contributed by atoms with E-state index >= 15 is 0 Å². The number of hydrogen-bond acceptors (Lipinski definition) is 6. The molecule has 130 valence electrons. The van der Waals surface area contributed by atoms with Gasteiger partial charge in [0, 0.05) is 24.0 Å². The number of benzene rings is 1. The number of esters is 1. The van der Waals surface area contributed by atoms with Crippen LogP contribution in [0.1, 0.15) is 10.4 Å². The third-order valence-corrected chi connectivity index (χ3v) is 4.17. The molecule has 0 fully saturated rings. The summed E-state index contributed by atoms with van der Waals surface area (Å²) in [5.41, 5.74) is 1.79. The summed E-state index contributed by atoms with van der Waals surface area (Å²) >= 11 is 0. The van der Waals surface area contributed by atoms with Gasteiger partial charge in [0.25, 0.3) is 5.56 Å². The van der Waals surface area contributed by atoms with Crippen LogP contribution in [0.4, 0.5) is 0 Å². The highest BCUT2D eigenvalue weighted by atomic mass is 16.5. The molecule has 8 nitrogen and oxygen atoms in total. The standard InChI is InChI=1S/C18H14N4O4/c1-25-14-6-5-13(10-4-3-7-19-16(10)14)22-8-11-15(20-21-17(11)23)12(9-22)18(24)26-2/h3-9H,1-2H3,(H,21,23). The van der Waals surface area contributed by atoms with Crippen LogP contribution >= 0.6 is 0 Å². The average molecular weight is 350 g/mol. The fourth-order valence-corrected chi connectivity index (χ4v) is 2.96. The summed E-state index contributed by atoms with van der Waals surface area (Å²) in [5, 5.41) is 7.11. The lowest BCUT2D eigenvalue weighted by Crippen LogP contribution is -2.11. The van der Waals surface area contributed by atoms with Gasteiger partial charge < -0.3 is 14.0 Å². The molecule has 0 aliphatic carbocycles. The third kappa shape index (κ3) is 2.31. The summed E-state index contributed by atoms with van der Waals surface area (Å²) in [4.78, 5) is 28.6. The zero-order valence-electron chi connectivity index (χ0n) is 14.0. The normalized spacial score (nSPS) is 11.0. The molecule has 0 radical (unpaired) electrons. The van der Waals surface area contributed by atoms with E-state index in [1.807, 2.05) is 18.2 Å². The molecule has 1 N–H and O–H groups in total. The molecule has 3 heterocycles. The number of pyridine rings is 2. The molecule has 8 heteroatoms. The molecular weight excluding hydrogens is 336 g/mol. The SMILES string of the molecule is COC(=O)c1cn(-c2ccc(OC)c3ncccc23)cc2c(=O)[nH]nc1-2. The van der Waals surface area contributed by atoms with Gasteiger partial charge in [-0.3, -0.25) is 9.78 Å². The number of carbonyl (C=O) groups excluding carboxylic acids is 1. The van der Waals surface area contributed by atoms with E-state index < -0.39 is 5.97 Å². The lowest BCUT2D eigenvalue weighted by Gasteiger charge is -2.15. The molecule has 0 atom stereocenters. The van der Waals surface area contributed by atoms with E-state index in [0.29, 0.717) is 16.8 Å². The van der Waals surface area contributed by atoms with E-state index in [1.54, 1.807) is 36.3 Å². The van der Waals surface area contributed by atoms with Crippen LogP contribution in [-0.4, -0.2) is 39.9 Å². The molecule has 0 saturated heterocycles. The number of aromatic amines is 1. The van der Waals surface area contributed by atoms with Crippen molar-refractivity contribution in [2.24, 2.45) is 0 Å². The fraction of sp³-hybridized carbons (Fsp3) is 0.111. The largest absolute Gasteiger partial charge is 0.494 e. The van der Waals surface area contributed by atoms with Crippen molar-refractivity contribution in [3.8, 4) is 22.7 Å². The number of carbonyl (C=O) groups is 1. The zero-order valence-corrected chi connectivity index (χ0v) is 14.0. The molecule has 26 heavy (non-hydrogen) atoms. The van der Waals surface area contributed by atoms with E-state index in [9.17, 15) is 9.59 Å². The predicted octanol–water partition coefficient (Wildman–Crippen LogP) is 2.01. The number of rotatable bonds is 3. The summed E-state index contributed by atoms with van der Waals surface area (Å²) in [6, 6.07) is 7.32. The van der Waals surface area contributed by atoms with Gasteiger partial charge in [0.1, 0.15) is 22.5 Å². The van der Waals surface area contributed by atoms with Crippen LogP contribution in [0.2, 0.25) is 0 Å². The summed E-state index contributed by atoms with van der Waals surface area (Å²) < 4.78 is 11.9. The molecule has 0 bridgehead atoms. The molecule has 0 spiro atoms. The molecule has 2 aliphatic heterocycles. The molecular formula is C18H14N4O4. The van der Waals surface area contributed by atoms with Gasteiger partial charge in [-0.25, -0.2) is 9.89 Å². The van der Waals surface area contributed by atoms with Crippen LogP contribution in [-0.2, 0) is 4.74 Å². The minimum atomic E-state index is -0.577. The number of fused-ring (bicyclic) bond motifs is 2. The quantitative estimate of drug-likeness (QED) is 0.568. The Kier molecular flexibility index (Phi) is 3.65. The molecule has 0 amide bonds. The highest BCUT2D eigenvalue weighted by Crippen LogP contribution is 2.30. The van der Waals surface area contributed by atoms with Gasteiger partial charge in [0.15, 0.2) is 0 Å². The minimum absolute atomic E-state index is 0.191. The van der Waals surface area contributed by atoms with Crippen molar-refractivity contribution in [3.05, 3.63) is 58.8 Å². The van der Waals surface area contributed by atoms with Gasteiger partial charge in [0.05, 0.1) is 25.5 Å². The maximum absolute atomic E-state index is 12.2. The van der Waals surface area contributed by atoms with E-state index in [0.717, 1.165) is 11.1 Å². The Morgan fingerprint density at radius 1 is 1.19 bits per heavy atom. The summed E-state index contributed by atoms with van der Waals surface area (Å²) in [7, 11) is 2.86. The first kappa shape index (κ1) is 15.8. The fourth-order valence-electron chi connectivity index (χ4n) is 2.96. The second-order valence-electron chi connectivity index (χ2n) is 5.57. The Morgan fingerprint density at radius 3 is 2.81 bits per heavy atom. The monoisotopic (exact) mass is 350 g/mol. The predicted molar refractivity (Wildman–Crippen MR) is 94.0 cm³/mol. The first-order valence-electron chi connectivity index (χ1n) is 7.75. The first-order valence-corrected chi connectivity index (χ1v) is 7.75. The van der Waals surface area contributed by atoms with Gasteiger partial charge >= 0.3 is 5.97 Å². The van der Waals surface area contributed by atoms with Gasteiger partial charge in [-0.05, 0) is 24.3 Å². The lowest BCUT2D eigenvalue weighted by molar-refractivity contribution is 0.0600. The number of H-pyrrole nitrogens is 1. The second-order valence-corrected chi connectivity index (χ2v) is 5.57. The zero-order chi connectivity index (χ0) is 18.3. The summed E-state index contributed by atoms with van der Waals surface area (Å²) in [6.07, 6.45) is 4.89. The van der Waals surface area contributed by atoms with Crippen molar-refractivity contribution in [1.29, 1.82) is 0 Å². The second kappa shape index (κ2) is 5.99. The van der Waals surface area contributed by atoms with Crippen molar-refractivity contribution >= 4 is 16.9 Å². The highest BCUT2D eigenvalue weighted by molar-refractivity contribution is 5.97. The summed E-state index contributed by atoms with van der Waals surface area (Å²) in [6.45, 7) is 0. The minimum Gasteiger partial charge on any atom is -0.494 e. The van der Waals surface area contributed by atoms with Crippen molar-refractivity contribution in [3.63, 3.8) is 0 Å². The molecule has 1 aromatic carbocycles. The maximum Gasteiger partial charge on any atom is 0.341 e. The van der Waals surface area contributed by atoms with E-state index in [1.165, 1.54) is 7.11 Å². The van der Waals surface area contributed by atoms with Gasteiger partial charge in [-0.1, -0.05) is 0 Å². The van der Waals surface area contributed by atoms with Gasteiger partial charge in [-0.15, -0.1) is 0 Å². The van der Waals surface area contributed by atoms with Gasteiger partial charge in [-0.2, -0.15) is 5.10 Å². The van der Waals surface area contributed by atoms with E-state index in [4.69, 9.17) is 9.47 Å². The van der Waals surface area contributed by atoms with Crippen LogP contribution in [0.5, 0.6) is 5.75 Å². The topological polar surface area (TPSA) is 99.1 Å². The molecule has 1 aromatic heterocycles. The smallest absolute Gasteiger partial charge is 0.341 e. The Bertz CT molecular complexity index is 1160. The number of aromatic nitrogens is 4. The Hall–Kier alpha value is -3.68. The van der Waals surface area contributed by atoms with Crippen LogP contribution in [0.15, 0.2) is 47.7 Å². The van der Waals surface area contributed by atoms with Crippen LogP contribution in [0.3, 0.4) is 0 Å². The van der Waals surface area contributed by atoms with Crippen molar-refractivity contribution in [2.45, 2.75) is 0 Å². The Morgan fingerprint density at radius 2 is 2.04 bits per heavy atom. The average Bonchev–Trinajstić information content (AvgIpc) is 3.06. The van der Waals surface area contributed by atoms with Crippen molar-refractivity contribution < 1.29 is 14.3 Å². The third-order valence-electron chi connectivity index (χ3n) is 4.17. The van der Waals surface area contributed by atoms with Crippen LogP contribution < -0.4 is 10.3 Å². The summed E-state index contributed by atoms with van der Waals surface area (Å²) in [5.74, 6) is 0.0545. The number of hydrogen-bond donors (Lipinski definition) is 1. The number of nitrogens with zero attached hydrogens (tertiary/aromatic N) is 3. The van der Waals surface area contributed by atoms with Crippen molar-refractivity contribution in [2.75, 3.05) is 14.2 Å². The molecule has 4 rings (SSSR count). The van der Waals surface area contributed by atoms with Crippen LogP contribution in [0, 0.1) is 0 Å². The lowest BCUT2D eigenvalue weighted by atomic mass is 10.1. The Balaban J connectivity index is 2.05. The first-order chi connectivity index (χ1) is 12.6. The van der Waals surface area contributed by atoms with E-state index in [-0.39, 0.29) is 16.8 Å². The maximum atomic E-state index is 12.2. The molecule has 0 saturated carbocycles. The van der Waals surface area contributed by atoms with Crippen molar-refractivity contribution in [1.82, 2.24) is 19.7 Å².